The van der Waals surface area contributed by atoms with Gasteiger partial charge in [0.05, 0.1) is 17.8 Å². The first kappa shape index (κ1) is 12.1. The molecule has 1 heterocycles. The number of nitrogens with zero attached hydrogens (tertiary/aromatic N) is 3. The summed E-state index contributed by atoms with van der Waals surface area (Å²) in [6.45, 7) is 0. The lowest BCUT2D eigenvalue weighted by molar-refractivity contribution is 0.428. The van der Waals surface area contributed by atoms with Gasteiger partial charge in [-0.15, -0.1) is 0 Å². The van der Waals surface area contributed by atoms with Crippen LogP contribution in [0.3, 0.4) is 0 Å². The maximum absolute atomic E-state index is 13.6. The molecule has 0 bridgehead atoms. The predicted octanol–water partition coefficient (Wildman–Crippen LogP) is 2.52. The van der Waals surface area contributed by atoms with Gasteiger partial charge in [0.15, 0.2) is 11.6 Å². The average molecular weight is 265 g/mol. The number of ether oxygens (including phenoxy) is 1. The van der Waals surface area contributed by atoms with Crippen LogP contribution in [0.2, 0.25) is 5.28 Å². The van der Waals surface area contributed by atoms with Crippen LogP contribution in [0.25, 0.3) is 0 Å². The van der Waals surface area contributed by atoms with Crippen molar-refractivity contribution < 1.29 is 9.13 Å². The number of hydrogen-bond acceptors (Lipinski definition) is 5. The highest BCUT2D eigenvalue weighted by Crippen LogP contribution is 2.27. The fourth-order valence-electron chi connectivity index (χ4n) is 1.19. The molecule has 0 unspecified atom stereocenters. The summed E-state index contributed by atoms with van der Waals surface area (Å²) in [7, 11) is 0. The largest absolute Gasteiger partial charge is 0.434 e. The molecule has 2 N–H and O–H groups in total. The highest BCUT2D eigenvalue weighted by Gasteiger charge is 2.10. The molecular weight excluding hydrogens is 259 g/mol. The minimum absolute atomic E-state index is 0.0430. The standard InChI is InChI=1S/C11H6ClFN4O/c12-11-16-5-8(15)10(17-11)18-9-2-1-6(4-14)3-7(9)13/h1-3,5H,15H2. The van der Waals surface area contributed by atoms with E-state index in [0.717, 1.165) is 6.07 Å². The van der Waals surface area contributed by atoms with Crippen LogP contribution in [0.1, 0.15) is 5.56 Å². The number of rotatable bonds is 2. The third-order valence-corrected chi connectivity index (χ3v) is 2.20. The molecule has 2 rings (SSSR count). The van der Waals surface area contributed by atoms with Gasteiger partial charge in [-0.25, -0.2) is 9.37 Å². The van der Waals surface area contributed by atoms with E-state index in [1.165, 1.54) is 18.3 Å². The molecule has 1 aromatic heterocycles. The average Bonchev–Trinajstić information content (AvgIpc) is 2.36. The van der Waals surface area contributed by atoms with E-state index < -0.39 is 5.82 Å². The first-order valence-electron chi connectivity index (χ1n) is 4.75. The molecule has 5 nitrogen and oxygen atoms in total. The van der Waals surface area contributed by atoms with Crippen LogP contribution >= 0.6 is 11.6 Å². The van der Waals surface area contributed by atoms with E-state index in [-0.39, 0.29) is 28.2 Å². The van der Waals surface area contributed by atoms with Crippen LogP contribution in [0.4, 0.5) is 10.1 Å². The van der Waals surface area contributed by atoms with Crippen molar-refractivity contribution >= 4 is 17.3 Å². The maximum Gasteiger partial charge on any atom is 0.247 e. The predicted molar refractivity (Wildman–Crippen MR) is 62.6 cm³/mol. The Morgan fingerprint density at radius 3 is 2.89 bits per heavy atom. The van der Waals surface area contributed by atoms with E-state index in [9.17, 15) is 4.39 Å². The van der Waals surface area contributed by atoms with Crippen LogP contribution < -0.4 is 10.5 Å². The Morgan fingerprint density at radius 2 is 2.22 bits per heavy atom. The van der Waals surface area contributed by atoms with Gasteiger partial charge >= 0.3 is 0 Å². The van der Waals surface area contributed by atoms with Gasteiger partial charge in [-0.05, 0) is 29.8 Å². The number of benzene rings is 1. The molecule has 0 spiro atoms. The van der Waals surface area contributed by atoms with Gasteiger partial charge in [-0.1, -0.05) is 0 Å². The molecule has 0 saturated carbocycles. The van der Waals surface area contributed by atoms with Crippen molar-refractivity contribution in [1.29, 1.82) is 5.26 Å². The topological polar surface area (TPSA) is 84.8 Å². The normalized spacial score (nSPS) is 9.83. The number of aromatic nitrogens is 2. The summed E-state index contributed by atoms with van der Waals surface area (Å²) in [6, 6.07) is 5.59. The zero-order chi connectivity index (χ0) is 13.1. The second-order valence-corrected chi connectivity index (χ2v) is 3.60. The summed E-state index contributed by atoms with van der Waals surface area (Å²) in [5, 5.41) is 8.55. The Labute approximate surface area is 107 Å². The molecule has 2 aromatic rings. The summed E-state index contributed by atoms with van der Waals surface area (Å²) >= 11 is 5.58. The van der Waals surface area contributed by atoms with E-state index in [2.05, 4.69) is 9.97 Å². The van der Waals surface area contributed by atoms with E-state index >= 15 is 0 Å². The van der Waals surface area contributed by atoms with Crippen LogP contribution in [-0.4, -0.2) is 9.97 Å². The van der Waals surface area contributed by atoms with Crippen molar-refractivity contribution in [2.24, 2.45) is 0 Å². The van der Waals surface area contributed by atoms with Gasteiger partial charge < -0.3 is 10.5 Å². The first-order valence-corrected chi connectivity index (χ1v) is 5.13. The third-order valence-electron chi connectivity index (χ3n) is 2.02. The zero-order valence-electron chi connectivity index (χ0n) is 8.89. The Balaban J connectivity index is 2.34. The molecule has 0 aliphatic rings. The van der Waals surface area contributed by atoms with Gasteiger partial charge in [-0.2, -0.15) is 10.2 Å². The Hall–Kier alpha value is -2.39. The summed E-state index contributed by atoms with van der Waals surface area (Å²) in [4.78, 5) is 7.37. The number of nitriles is 1. The van der Waals surface area contributed by atoms with Gasteiger partial charge in [-0.3, -0.25) is 0 Å². The SMILES string of the molecule is N#Cc1ccc(Oc2nc(Cl)ncc2N)c(F)c1. The van der Waals surface area contributed by atoms with Gasteiger partial charge in [0.1, 0.15) is 5.69 Å². The van der Waals surface area contributed by atoms with Crippen molar-refractivity contribution in [3.05, 3.63) is 41.1 Å². The Kier molecular flexibility index (Phi) is 3.26. The van der Waals surface area contributed by atoms with Crippen LogP contribution in [-0.2, 0) is 0 Å². The molecule has 0 amide bonds. The second kappa shape index (κ2) is 4.85. The molecule has 7 heteroatoms. The lowest BCUT2D eigenvalue weighted by atomic mass is 10.2. The minimum atomic E-state index is -0.691. The molecular formula is C11H6ClFN4O. The molecule has 0 radical (unpaired) electrons. The number of halogens is 2. The third kappa shape index (κ3) is 2.47. The summed E-state index contributed by atoms with van der Waals surface area (Å²) in [5.74, 6) is -0.836. The van der Waals surface area contributed by atoms with E-state index in [1.807, 2.05) is 6.07 Å². The number of nitrogens with two attached hydrogens (primary N) is 1. The molecule has 0 atom stereocenters. The first-order chi connectivity index (χ1) is 8.60. The molecule has 0 aliphatic carbocycles. The van der Waals surface area contributed by atoms with Crippen molar-refractivity contribution in [2.45, 2.75) is 0 Å². The molecule has 0 fully saturated rings. The zero-order valence-corrected chi connectivity index (χ0v) is 9.65. The molecule has 0 saturated heterocycles. The summed E-state index contributed by atoms with van der Waals surface area (Å²) < 4.78 is 18.7. The van der Waals surface area contributed by atoms with Crippen molar-refractivity contribution in [3.8, 4) is 17.7 Å². The quantitative estimate of drug-likeness (QED) is 0.843. The van der Waals surface area contributed by atoms with Gasteiger partial charge in [0.25, 0.3) is 0 Å². The number of anilines is 1. The Bertz CT molecular complexity index is 641. The number of hydrogen-bond donors (Lipinski definition) is 1. The Morgan fingerprint density at radius 1 is 1.44 bits per heavy atom. The highest BCUT2D eigenvalue weighted by atomic mass is 35.5. The van der Waals surface area contributed by atoms with Crippen LogP contribution in [0.5, 0.6) is 11.6 Å². The molecule has 1 aromatic carbocycles. The van der Waals surface area contributed by atoms with Crippen LogP contribution in [0.15, 0.2) is 24.4 Å². The van der Waals surface area contributed by atoms with Gasteiger partial charge in [0, 0.05) is 0 Å². The van der Waals surface area contributed by atoms with Gasteiger partial charge in [0.2, 0.25) is 11.2 Å². The smallest absolute Gasteiger partial charge is 0.247 e. The molecule has 0 aliphatic heterocycles. The summed E-state index contributed by atoms with van der Waals surface area (Å²) in [6.07, 6.45) is 1.26. The highest BCUT2D eigenvalue weighted by molar-refractivity contribution is 6.28. The number of nitrogen functional groups attached to an aromatic ring is 1. The lowest BCUT2D eigenvalue weighted by Crippen LogP contribution is -1.98. The van der Waals surface area contributed by atoms with Crippen molar-refractivity contribution in [1.82, 2.24) is 9.97 Å². The van der Waals surface area contributed by atoms with Crippen molar-refractivity contribution in [3.63, 3.8) is 0 Å². The second-order valence-electron chi connectivity index (χ2n) is 3.26. The molecule has 18 heavy (non-hydrogen) atoms. The fourth-order valence-corrected chi connectivity index (χ4v) is 1.32. The van der Waals surface area contributed by atoms with E-state index in [4.69, 9.17) is 27.3 Å². The van der Waals surface area contributed by atoms with E-state index in [1.54, 1.807) is 0 Å². The molecule has 90 valence electrons. The van der Waals surface area contributed by atoms with E-state index in [0.29, 0.717) is 0 Å². The minimum Gasteiger partial charge on any atom is -0.434 e. The van der Waals surface area contributed by atoms with Crippen LogP contribution in [0, 0.1) is 17.1 Å². The fraction of sp³-hybridized carbons (Fsp3) is 0. The summed E-state index contributed by atoms with van der Waals surface area (Å²) in [5.41, 5.74) is 5.88. The lowest BCUT2D eigenvalue weighted by Gasteiger charge is -2.07. The maximum atomic E-state index is 13.6. The monoisotopic (exact) mass is 264 g/mol. The van der Waals surface area contributed by atoms with Crippen molar-refractivity contribution in [2.75, 3.05) is 5.73 Å².